The molecule has 1 unspecified atom stereocenters. The minimum Gasteiger partial charge on any atom is -0.341 e. The number of H-pyrrole nitrogens is 2. The highest BCUT2D eigenvalue weighted by atomic mass is 16.2. The second-order valence-corrected chi connectivity index (χ2v) is 9.46. The number of aryl methyl sites for hydroxylation is 3. The van der Waals surface area contributed by atoms with Crippen LogP contribution >= 0.6 is 0 Å². The molecule has 34 heavy (non-hydrogen) atoms. The summed E-state index contributed by atoms with van der Waals surface area (Å²) < 4.78 is 1.73. The molecule has 1 aliphatic carbocycles. The van der Waals surface area contributed by atoms with Gasteiger partial charge in [0.1, 0.15) is 11.5 Å². The Labute approximate surface area is 199 Å². The lowest BCUT2D eigenvalue weighted by atomic mass is 9.84. The van der Waals surface area contributed by atoms with Crippen molar-refractivity contribution in [3.63, 3.8) is 0 Å². The molecule has 1 atom stereocenters. The number of nitrogens with one attached hydrogen (secondary N) is 3. The van der Waals surface area contributed by atoms with Crippen LogP contribution in [-0.4, -0.2) is 35.9 Å². The van der Waals surface area contributed by atoms with E-state index >= 15 is 0 Å². The van der Waals surface area contributed by atoms with Gasteiger partial charge in [0.2, 0.25) is 0 Å². The van der Waals surface area contributed by atoms with Gasteiger partial charge in [-0.25, -0.2) is 4.98 Å². The van der Waals surface area contributed by atoms with Crippen LogP contribution in [0.2, 0.25) is 0 Å². The first-order valence-corrected chi connectivity index (χ1v) is 12.4. The second kappa shape index (κ2) is 9.44. The van der Waals surface area contributed by atoms with Crippen LogP contribution in [0.5, 0.6) is 0 Å². The Hall–Kier alpha value is -3.42. The summed E-state index contributed by atoms with van der Waals surface area (Å²) >= 11 is 0. The Morgan fingerprint density at radius 2 is 2.03 bits per heavy atom. The zero-order valence-electron chi connectivity index (χ0n) is 20.2. The van der Waals surface area contributed by atoms with Crippen molar-refractivity contribution in [3.05, 3.63) is 53.4 Å². The summed E-state index contributed by atoms with van der Waals surface area (Å²) in [5.41, 5.74) is 6.70. The largest absolute Gasteiger partial charge is 0.341 e. The standard InChI is InChI=1S/C26H33N7O/c1-4-33-23(12-13-27-33)26(34)30-22(14-18-8-6-5-7-9-18)25-28-20-11-10-19(15-21(20)29-25)24-16(2)31-32-17(24)3/h10-13,15,18,22H,4-9,14H2,1-3H3,(H,28,29)(H,30,34)(H,31,32). The molecule has 3 heterocycles. The van der Waals surface area contributed by atoms with Crippen LogP contribution in [0.25, 0.3) is 22.2 Å². The Kier molecular flexibility index (Phi) is 6.22. The number of fused-ring (bicyclic) bond motifs is 1. The number of benzene rings is 1. The predicted molar refractivity (Wildman–Crippen MR) is 132 cm³/mol. The van der Waals surface area contributed by atoms with Crippen LogP contribution in [0.3, 0.4) is 0 Å². The van der Waals surface area contributed by atoms with Crippen molar-refractivity contribution in [1.82, 2.24) is 35.3 Å². The average molecular weight is 460 g/mol. The van der Waals surface area contributed by atoms with Crippen molar-refractivity contribution < 1.29 is 4.79 Å². The maximum atomic E-state index is 13.2. The first kappa shape index (κ1) is 22.4. The van der Waals surface area contributed by atoms with Crippen LogP contribution in [-0.2, 0) is 6.54 Å². The molecule has 8 nitrogen and oxygen atoms in total. The molecule has 1 amide bonds. The van der Waals surface area contributed by atoms with Gasteiger partial charge < -0.3 is 10.3 Å². The summed E-state index contributed by atoms with van der Waals surface area (Å²) in [5, 5.41) is 14.9. The summed E-state index contributed by atoms with van der Waals surface area (Å²) in [7, 11) is 0. The van der Waals surface area contributed by atoms with Crippen LogP contribution in [0.4, 0.5) is 0 Å². The predicted octanol–water partition coefficient (Wildman–Crippen LogP) is 5.23. The van der Waals surface area contributed by atoms with Crippen molar-refractivity contribution in [2.75, 3.05) is 0 Å². The van der Waals surface area contributed by atoms with Crippen molar-refractivity contribution in [1.29, 1.82) is 0 Å². The molecule has 8 heteroatoms. The minimum atomic E-state index is -0.177. The van der Waals surface area contributed by atoms with Gasteiger partial charge in [0.05, 0.1) is 22.8 Å². The molecular formula is C26H33N7O. The number of carbonyl (C=O) groups excluding carboxylic acids is 1. The fourth-order valence-electron chi connectivity index (χ4n) is 5.33. The third-order valence-corrected chi connectivity index (χ3v) is 7.09. The first-order chi connectivity index (χ1) is 16.5. The fourth-order valence-corrected chi connectivity index (χ4v) is 5.33. The van der Waals surface area contributed by atoms with E-state index in [1.54, 1.807) is 16.9 Å². The highest BCUT2D eigenvalue weighted by molar-refractivity contribution is 5.92. The molecule has 0 radical (unpaired) electrons. The minimum absolute atomic E-state index is 0.106. The summed E-state index contributed by atoms with van der Waals surface area (Å²) in [6, 6.07) is 7.86. The lowest BCUT2D eigenvalue weighted by molar-refractivity contribution is 0.0915. The van der Waals surface area contributed by atoms with Gasteiger partial charge in [0.15, 0.2) is 0 Å². The van der Waals surface area contributed by atoms with Crippen LogP contribution in [0.15, 0.2) is 30.5 Å². The molecule has 0 spiro atoms. The smallest absolute Gasteiger partial charge is 0.270 e. The Morgan fingerprint density at radius 1 is 1.21 bits per heavy atom. The number of aromatic nitrogens is 6. The van der Waals surface area contributed by atoms with Crippen molar-refractivity contribution >= 4 is 16.9 Å². The normalized spacial score (nSPS) is 15.6. The zero-order valence-corrected chi connectivity index (χ0v) is 20.2. The SMILES string of the molecule is CCn1nccc1C(=O)NC(CC1CCCCC1)c1nc2ccc(-c3c(C)n[nH]c3C)cc2[nH]1. The quantitative estimate of drug-likeness (QED) is 0.352. The Balaban J connectivity index is 1.46. The lowest BCUT2D eigenvalue weighted by Gasteiger charge is -2.26. The van der Waals surface area contributed by atoms with Gasteiger partial charge in [0, 0.05) is 24.0 Å². The topological polar surface area (TPSA) is 104 Å². The molecule has 1 fully saturated rings. The maximum absolute atomic E-state index is 13.2. The Morgan fingerprint density at radius 3 is 2.76 bits per heavy atom. The maximum Gasteiger partial charge on any atom is 0.270 e. The number of hydrogen-bond donors (Lipinski definition) is 3. The molecule has 5 rings (SSSR count). The van der Waals surface area contributed by atoms with E-state index in [0.29, 0.717) is 18.2 Å². The van der Waals surface area contributed by atoms with Gasteiger partial charge in [-0.2, -0.15) is 10.2 Å². The lowest BCUT2D eigenvalue weighted by Crippen LogP contribution is -2.32. The van der Waals surface area contributed by atoms with Crippen molar-refractivity contribution in [2.24, 2.45) is 5.92 Å². The summed E-state index contributed by atoms with van der Waals surface area (Å²) in [6.45, 7) is 6.69. The van der Waals surface area contributed by atoms with E-state index in [2.05, 4.69) is 37.7 Å². The Bertz CT molecular complexity index is 1270. The molecule has 178 valence electrons. The van der Waals surface area contributed by atoms with Gasteiger partial charge in [-0.05, 0) is 56.9 Å². The van der Waals surface area contributed by atoms with E-state index in [1.165, 1.54) is 32.1 Å². The number of aromatic amines is 2. The van der Waals surface area contributed by atoms with Gasteiger partial charge in [0.25, 0.3) is 5.91 Å². The van der Waals surface area contributed by atoms with Crippen LogP contribution < -0.4 is 5.32 Å². The average Bonchev–Trinajstić information content (AvgIpc) is 3.57. The number of carbonyl (C=O) groups is 1. The molecule has 1 saturated carbocycles. The number of nitrogens with zero attached hydrogens (tertiary/aromatic N) is 4. The highest BCUT2D eigenvalue weighted by Crippen LogP contribution is 2.33. The zero-order chi connectivity index (χ0) is 23.7. The molecule has 4 aromatic rings. The number of rotatable bonds is 7. The van der Waals surface area contributed by atoms with Gasteiger partial charge in [-0.3, -0.25) is 14.6 Å². The van der Waals surface area contributed by atoms with Crippen molar-refractivity contribution in [3.8, 4) is 11.1 Å². The van der Waals surface area contributed by atoms with Crippen LogP contribution in [0.1, 0.15) is 79.2 Å². The van der Waals surface area contributed by atoms with E-state index in [9.17, 15) is 4.79 Å². The number of hydrogen-bond acceptors (Lipinski definition) is 4. The molecule has 1 aromatic carbocycles. The monoisotopic (exact) mass is 459 g/mol. The van der Waals surface area contributed by atoms with Crippen molar-refractivity contribution in [2.45, 2.75) is 71.9 Å². The third-order valence-electron chi connectivity index (χ3n) is 7.09. The van der Waals surface area contributed by atoms with Gasteiger partial charge >= 0.3 is 0 Å². The fraction of sp³-hybridized carbons (Fsp3) is 0.462. The molecule has 3 aromatic heterocycles. The van der Waals surface area contributed by atoms with E-state index in [-0.39, 0.29) is 11.9 Å². The third kappa shape index (κ3) is 4.36. The molecule has 1 aliphatic rings. The summed E-state index contributed by atoms with van der Waals surface area (Å²) in [6.07, 6.45) is 8.83. The second-order valence-electron chi connectivity index (χ2n) is 9.46. The summed E-state index contributed by atoms with van der Waals surface area (Å²) in [4.78, 5) is 21.6. The van der Waals surface area contributed by atoms with E-state index < -0.39 is 0 Å². The molecule has 0 bridgehead atoms. The molecule has 0 saturated heterocycles. The summed E-state index contributed by atoms with van der Waals surface area (Å²) in [5.74, 6) is 1.30. The van der Waals surface area contributed by atoms with Crippen LogP contribution in [0, 0.1) is 19.8 Å². The number of amides is 1. The van der Waals surface area contributed by atoms with Gasteiger partial charge in [-0.1, -0.05) is 38.2 Å². The highest BCUT2D eigenvalue weighted by Gasteiger charge is 2.26. The van der Waals surface area contributed by atoms with E-state index in [1.807, 2.05) is 26.8 Å². The van der Waals surface area contributed by atoms with E-state index in [0.717, 1.165) is 45.8 Å². The molecule has 3 N–H and O–H groups in total. The van der Waals surface area contributed by atoms with E-state index in [4.69, 9.17) is 4.98 Å². The molecular weight excluding hydrogens is 426 g/mol. The molecule has 0 aliphatic heterocycles. The number of imidazole rings is 1. The first-order valence-electron chi connectivity index (χ1n) is 12.4. The van der Waals surface area contributed by atoms with Gasteiger partial charge in [-0.15, -0.1) is 0 Å².